The van der Waals surface area contributed by atoms with Gasteiger partial charge in [0.15, 0.2) is 17.3 Å². The van der Waals surface area contributed by atoms with E-state index in [-0.39, 0.29) is 0 Å². The largest absolute Gasteiger partial charge is 0.493 e. The van der Waals surface area contributed by atoms with E-state index >= 15 is 0 Å². The number of nitrogens with zero attached hydrogens (tertiary/aromatic N) is 4. The summed E-state index contributed by atoms with van der Waals surface area (Å²) >= 11 is 0. The summed E-state index contributed by atoms with van der Waals surface area (Å²) < 4.78 is 16.3. The van der Waals surface area contributed by atoms with E-state index in [0.29, 0.717) is 47.1 Å². The monoisotopic (exact) mass is 494 g/mol. The highest BCUT2D eigenvalue weighted by atomic mass is 16.5. The molecule has 2 heterocycles. The van der Waals surface area contributed by atoms with Gasteiger partial charge >= 0.3 is 0 Å². The number of hydrogen-bond donors (Lipinski definition) is 2. The molecule has 37 heavy (non-hydrogen) atoms. The average molecular weight is 495 g/mol. The van der Waals surface area contributed by atoms with Crippen LogP contribution in [0.2, 0.25) is 0 Å². The first-order valence-corrected chi connectivity index (χ1v) is 11.6. The third-order valence-electron chi connectivity index (χ3n) is 5.87. The Morgan fingerprint density at radius 1 is 0.784 bits per heavy atom. The molecule has 5 aromatic rings. The Morgan fingerprint density at radius 3 is 2.35 bits per heavy atom. The van der Waals surface area contributed by atoms with Gasteiger partial charge in [0.2, 0.25) is 11.7 Å². The van der Waals surface area contributed by atoms with E-state index in [9.17, 15) is 0 Å². The topological polar surface area (TPSA) is 103 Å². The Labute approximate surface area is 214 Å². The second-order valence-corrected chi connectivity index (χ2v) is 8.06. The van der Waals surface area contributed by atoms with E-state index in [1.807, 2.05) is 24.3 Å². The minimum absolute atomic E-state index is 0.364. The zero-order valence-electron chi connectivity index (χ0n) is 20.7. The number of anilines is 3. The number of benzene rings is 3. The molecule has 186 valence electrons. The van der Waals surface area contributed by atoms with Crippen LogP contribution in [0, 0.1) is 0 Å². The predicted molar refractivity (Wildman–Crippen MR) is 144 cm³/mol. The lowest BCUT2D eigenvalue weighted by Gasteiger charge is -2.15. The predicted octanol–water partition coefficient (Wildman–Crippen LogP) is 5.47. The van der Waals surface area contributed by atoms with Crippen LogP contribution in [0.25, 0.3) is 22.2 Å². The Kier molecular flexibility index (Phi) is 6.93. The highest BCUT2D eigenvalue weighted by Crippen LogP contribution is 2.40. The summed E-state index contributed by atoms with van der Waals surface area (Å²) in [5, 5.41) is 9.05. The normalized spacial score (nSPS) is 10.7. The number of pyridine rings is 1. The van der Waals surface area contributed by atoms with Crippen molar-refractivity contribution in [2.24, 2.45) is 0 Å². The third-order valence-corrected chi connectivity index (χ3v) is 5.87. The van der Waals surface area contributed by atoms with Crippen molar-refractivity contribution in [1.29, 1.82) is 0 Å². The lowest BCUT2D eigenvalue weighted by atomic mass is 10.0. The average Bonchev–Trinajstić information content (AvgIpc) is 2.95. The molecule has 9 heteroatoms. The van der Waals surface area contributed by atoms with Crippen LogP contribution in [-0.2, 0) is 6.54 Å². The summed E-state index contributed by atoms with van der Waals surface area (Å²) in [7, 11) is 4.69. The molecule has 0 saturated heterocycles. The minimum Gasteiger partial charge on any atom is -0.493 e. The quantitative estimate of drug-likeness (QED) is 0.276. The number of nitrogens with one attached hydrogen (secondary N) is 2. The van der Waals surface area contributed by atoms with Gasteiger partial charge in [-0.3, -0.25) is 0 Å². The fourth-order valence-electron chi connectivity index (χ4n) is 4.12. The van der Waals surface area contributed by atoms with Gasteiger partial charge in [0, 0.05) is 30.6 Å². The van der Waals surface area contributed by atoms with Crippen LogP contribution in [0.4, 0.5) is 17.5 Å². The van der Waals surface area contributed by atoms with E-state index < -0.39 is 0 Å². The molecular formula is C28H26N6O3. The van der Waals surface area contributed by atoms with Crippen molar-refractivity contribution in [1.82, 2.24) is 19.9 Å². The molecule has 9 nitrogen and oxygen atoms in total. The van der Waals surface area contributed by atoms with E-state index in [1.165, 1.54) is 22.7 Å². The number of methoxy groups -OCH3 is 3. The van der Waals surface area contributed by atoms with Gasteiger partial charge in [-0.25, -0.2) is 15.0 Å². The Hall–Kier alpha value is -4.92. The van der Waals surface area contributed by atoms with Crippen molar-refractivity contribution >= 4 is 28.2 Å². The van der Waals surface area contributed by atoms with Crippen LogP contribution in [0.15, 0.2) is 79.3 Å². The Bertz CT molecular complexity index is 1510. The van der Waals surface area contributed by atoms with Gasteiger partial charge in [0.25, 0.3) is 0 Å². The standard InChI is InChI=1S/C28H26N6O3/c1-35-23-14-20(15-24(36-2)25(23)37-3)33-28-32-17-31-27(34-28)22-12-7-13-29-26(22)30-16-19-10-6-9-18-8-4-5-11-21(18)19/h4-15,17H,16H2,1-3H3,(H,29,30)(H,31,32,33,34). The van der Waals surface area contributed by atoms with Gasteiger partial charge in [-0.15, -0.1) is 0 Å². The molecule has 0 atom stereocenters. The second-order valence-electron chi connectivity index (χ2n) is 8.06. The van der Waals surface area contributed by atoms with E-state index in [0.717, 1.165) is 5.56 Å². The number of hydrogen-bond acceptors (Lipinski definition) is 9. The molecule has 0 aliphatic heterocycles. The number of fused-ring (bicyclic) bond motifs is 1. The summed E-state index contributed by atoms with van der Waals surface area (Å²) in [6, 6.07) is 22.0. The van der Waals surface area contributed by atoms with E-state index in [4.69, 9.17) is 14.2 Å². The van der Waals surface area contributed by atoms with Crippen molar-refractivity contribution in [2.45, 2.75) is 6.54 Å². The molecule has 5 rings (SSSR count). The SMILES string of the molecule is COc1cc(Nc2ncnc(-c3cccnc3NCc3cccc4ccccc34)n2)cc(OC)c1OC. The van der Waals surface area contributed by atoms with Gasteiger partial charge in [-0.1, -0.05) is 42.5 Å². The molecule has 2 N–H and O–H groups in total. The van der Waals surface area contributed by atoms with Crippen LogP contribution in [0.5, 0.6) is 17.2 Å². The first kappa shape index (κ1) is 23.8. The summed E-state index contributed by atoms with van der Waals surface area (Å²) in [4.78, 5) is 17.9. The maximum atomic E-state index is 5.44. The molecular weight excluding hydrogens is 468 g/mol. The molecule has 0 aliphatic carbocycles. The van der Waals surface area contributed by atoms with E-state index in [1.54, 1.807) is 39.7 Å². The molecule has 0 amide bonds. The molecule has 0 aliphatic rings. The van der Waals surface area contributed by atoms with Gasteiger partial charge in [0.1, 0.15) is 12.1 Å². The minimum atomic E-state index is 0.364. The van der Waals surface area contributed by atoms with Crippen LogP contribution < -0.4 is 24.8 Å². The highest BCUT2D eigenvalue weighted by molar-refractivity contribution is 5.86. The van der Waals surface area contributed by atoms with Gasteiger partial charge in [0.05, 0.1) is 26.9 Å². The van der Waals surface area contributed by atoms with Gasteiger partial charge < -0.3 is 24.8 Å². The second kappa shape index (κ2) is 10.8. The fraction of sp³-hybridized carbons (Fsp3) is 0.143. The van der Waals surface area contributed by atoms with Crippen LogP contribution in [0.1, 0.15) is 5.56 Å². The van der Waals surface area contributed by atoms with Gasteiger partial charge in [-0.05, 0) is 28.5 Å². The van der Waals surface area contributed by atoms with Crippen molar-refractivity contribution in [2.75, 3.05) is 32.0 Å². The Morgan fingerprint density at radius 2 is 1.57 bits per heavy atom. The number of rotatable bonds is 9. The van der Waals surface area contributed by atoms with Crippen molar-refractivity contribution < 1.29 is 14.2 Å². The van der Waals surface area contributed by atoms with Crippen molar-refractivity contribution in [3.05, 3.63) is 84.8 Å². The summed E-state index contributed by atoms with van der Waals surface area (Å²) in [5.74, 6) is 3.07. The lowest BCUT2D eigenvalue weighted by Crippen LogP contribution is -2.06. The number of ether oxygens (including phenoxy) is 3. The molecule has 0 spiro atoms. The molecule has 3 aromatic carbocycles. The smallest absolute Gasteiger partial charge is 0.230 e. The van der Waals surface area contributed by atoms with Crippen LogP contribution >= 0.6 is 0 Å². The first-order chi connectivity index (χ1) is 18.2. The maximum absolute atomic E-state index is 5.44. The summed E-state index contributed by atoms with van der Waals surface area (Å²) in [5.41, 5.74) is 2.61. The fourth-order valence-corrected chi connectivity index (χ4v) is 4.12. The molecule has 0 saturated carbocycles. The molecule has 0 unspecified atom stereocenters. The molecule has 0 radical (unpaired) electrons. The molecule has 0 fully saturated rings. The van der Waals surface area contributed by atoms with Crippen molar-refractivity contribution in [3.63, 3.8) is 0 Å². The van der Waals surface area contributed by atoms with Gasteiger partial charge in [-0.2, -0.15) is 4.98 Å². The number of aromatic nitrogens is 4. The maximum Gasteiger partial charge on any atom is 0.230 e. The van der Waals surface area contributed by atoms with Crippen LogP contribution in [-0.4, -0.2) is 41.3 Å². The lowest BCUT2D eigenvalue weighted by molar-refractivity contribution is 0.324. The summed E-state index contributed by atoms with van der Waals surface area (Å²) in [6.45, 7) is 0.604. The zero-order valence-corrected chi connectivity index (χ0v) is 20.7. The molecule has 0 bridgehead atoms. The summed E-state index contributed by atoms with van der Waals surface area (Å²) in [6.07, 6.45) is 3.20. The Balaban J connectivity index is 1.41. The zero-order chi connectivity index (χ0) is 25.6. The highest BCUT2D eigenvalue weighted by Gasteiger charge is 2.15. The van der Waals surface area contributed by atoms with E-state index in [2.05, 4.69) is 60.9 Å². The van der Waals surface area contributed by atoms with Crippen LogP contribution in [0.3, 0.4) is 0 Å². The first-order valence-electron chi connectivity index (χ1n) is 11.6. The van der Waals surface area contributed by atoms with Crippen molar-refractivity contribution in [3.8, 4) is 28.6 Å². The molecule has 2 aromatic heterocycles. The third kappa shape index (κ3) is 5.06.